The number of hydrogen-bond acceptors (Lipinski definition) is 4. The molecule has 4 rings (SSSR count). The molecule has 0 unspecified atom stereocenters. The lowest BCUT2D eigenvalue weighted by atomic mass is 10.0. The molecule has 8 heteroatoms. The number of benzene rings is 3. The molecule has 3 aromatic rings. The number of sulfonamides is 1. The van der Waals surface area contributed by atoms with E-state index in [1.807, 2.05) is 60.7 Å². The summed E-state index contributed by atoms with van der Waals surface area (Å²) < 4.78 is 29.7. The van der Waals surface area contributed by atoms with Crippen molar-refractivity contribution in [2.75, 3.05) is 11.9 Å². The van der Waals surface area contributed by atoms with Gasteiger partial charge in [0, 0.05) is 25.2 Å². The summed E-state index contributed by atoms with van der Waals surface area (Å²) in [6.45, 7) is 3.01. The first-order chi connectivity index (χ1) is 17.9. The van der Waals surface area contributed by atoms with Crippen molar-refractivity contribution in [3.05, 3.63) is 95.6 Å². The van der Waals surface area contributed by atoms with Gasteiger partial charge in [0.2, 0.25) is 21.8 Å². The number of aryl methyl sites for hydroxylation is 1. The Kier molecular flexibility index (Phi) is 8.74. The van der Waals surface area contributed by atoms with Crippen molar-refractivity contribution in [2.45, 2.75) is 56.5 Å². The lowest BCUT2D eigenvalue weighted by Gasteiger charge is -2.28. The van der Waals surface area contributed by atoms with Gasteiger partial charge >= 0.3 is 0 Å². The van der Waals surface area contributed by atoms with Crippen molar-refractivity contribution >= 4 is 27.5 Å². The molecule has 0 aliphatic carbocycles. The van der Waals surface area contributed by atoms with Gasteiger partial charge in [0.25, 0.3) is 0 Å². The molecule has 0 spiro atoms. The number of fused-ring (bicyclic) bond motifs is 1. The molecule has 0 saturated carbocycles. The summed E-state index contributed by atoms with van der Waals surface area (Å²) in [5.74, 6) is -0.338. The SMILES string of the molecule is CCCCN(Cc1ccccc1)C(=O)[C@@H](Cc1ccccc1)NS(=O)(=O)c1ccc2c(c1)CCC(=O)N2. The van der Waals surface area contributed by atoms with Crippen molar-refractivity contribution in [1.82, 2.24) is 9.62 Å². The molecule has 1 heterocycles. The van der Waals surface area contributed by atoms with Gasteiger partial charge in [-0.3, -0.25) is 9.59 Å². The van der Waals surface area contributed by atoms with Crippen LogP contribution in [0.15, 0.2) is 83.8 Å². The molecule has 2 N–H and O–H groups in total. The molecular formula is C29H33N3O4S. The van der Waals surface area contributed by atoms with Crippen LogP contribution >= 0.6 is 0 Å². The van der Waals surface area contributed by atoms with Crippen LogP contribution in [0.3, 0.4) is 0 Å². The molecule has 1 atom stereocenters. The molecule has 3 aromatic carbocycles. The van der Waals surface area contributed by atoms with E-state index >= 15 is 0 Å². The third-order valence-electron chi connectivity index (χ3n) is 6.47. The van der Waals surface area contributed by atoms with Crippen LogP contribution in [-0.2, 0) is 39.0 Å². The molecule has 2 amide bonds. The van der Waals surface area contributed by atoms with Crippen molar-refractivity contribution in [1.29, 1.82) is 0 Å². The summed E-state index contributed by atoms with van der Waals surface area (Å²) in [5, 5.41) is 2.77. The number of hydrogen-bond donors (Lipinski definition) is 2. The van der Waals surface area contributed by atoms with E-state index in [0.29, 0.717) is 31.6 Å². The zero-order chi connectivity index (χ0) is 26.3. The number of carbonyl (C=O) groups excluding carboxylic acids is 2. The zero-order valence-electron chi connectivity index (χ0n) is 21.0. The van der Waals surface area contributed by atoms with Crippen LogP contribution in [0, 0.1) is 0 Å². The summed E-state index contributed by atoms with van der Waals surface area (Å²) in [5.41, 5.74) is 3.25. The average molecular weight is 520 g/mol. The number of amides is 2. The Labute approximate surface area is 218 Å². The molecule has 37 heavy (non-hydrogen) atoms. The minimum Gasteiger partial charge on any atom is -0.337 e. The number of nitrogens with one attached hydrogen (secondary N) is 2. The minimum absolute atomic E-state index is 0.0800. The molecule has 1 aliphatic rings. The highest BCUT2D eigenvalue weighted by Gasteiger charge is 2.30. The molecule has 0 radical (unpaired) electrons. The van der Waals surface area contributed by atoms with E-state index < -0.39 is 16.1 Å². The Bertz CT molecular complexity index is 1330. The zero-order valence-corrected chi connectivity index (χ0v) is 21.8. The third kappa shape index (κ3) is 7.05. The van der Waals surface area contributed by atoms with Gasteiger partial charge in [-0.2, -0.15) is 4.72 Å². The Morgan fingerprint density at radius 2 is 1.65 bits per heavy atom. The number of carbonyl (C=O) groups is 2. The Balaban J connectivity index is 1.62. The smallest absolute Gasteiger partial charge is 0.241 e. The maximum Gasteiger partial charge on any atom is 0.241 e. The lowest BCUT2D eigenvalue weighted by molar-refractivity contribution is -0.133. The van der Waals surface area contributed by atoms with E-state index in [9.17, 15) is 18.0 Å². The average Bonchev–Trinajstić information content (AvgIpc) is 2.91. The fourth-order valence-corrected chi connectivity index (χ4v) is 5.69. The molecule has 0 saturated heterocycles. The highest BCUT2D eigenvalue weighted by molar-refractivity contribution is 7.89. The highest BCUT2D eigenvalue weighted by Crippen LogP contribution is 2.26. The summed E-state index contributed by atoms with van der Waals surface area (Å²) in [6.07, 6.45) is 2.75. The van der Waals surface area contributed by atoms with Crippen LogP contribution < -0.4 is 10.0 Å². The first-order valence-corrected chi connectivity index (χ1v) is 14.2. The van der Waals surface area contributed by atoms with Crippen LogP contribution in [0.4, 0.5) is 5.69 Å². The van der Waals surface area contributed by atoms with Gasteiger partial charge in [0.15, 0.2) is 0 Å². The second-order valence-corrected chi connectivity index (χ2v) is 11.0. The van der Waals surface area contributed by atoms with Crippen LogP contribution in [0.25, 0.3) is 0 Å². The van der Waals surface area contributed by atoms with E-state index in [2.05, 4.69) is 17.0 Å². The molecule has 1 aliphatic heterocycles. The van der Waals surface area contributed by atoms with Gasteiger partial charge in [0.1, 0.15) is 6.04 Å². The maximum absolute atomic E-state index is 13.9. The van der Waals surface area contributed by atoms with E-state index in [0.717, 1.165) is 29.5 Å². The Hall–Kier alpha value is -3.49. The molecular weight excluding hydrogens is 486 g/mol. The standard InChI is InChI=1S/C29H33N3O4S/c1-2-3-18-32(21-23-12-8-5-9-13-23)29(34)27(19-22-10-6-4-7-11-22)31-37(35,36)25-15-16-26-24(20-25)14-17-28(33)30-26/h4-13,15-16,20,27,31H,2-3,14,17-19,21H2,1H3,(H,30,33)/t27-/m1/s1. The van der Waals surface area contributed by atoms with Gasteiger partial charge < -0.3 is 10.2 Å². The van der Waals surface area contributed by atoms with Crippen LogP contribution in [0.2, 0.25) is 0 Å². The van der Waals surface area contributed by atoms with Gasteiger partial charge in [-0.05, 0) is 54.2 Å². The summed E-state index contributed by atoms with van der Waals surface area (Å²) in [6, 6.07) is 22.8. The quantitative estimate of drug-likeness (QED) is 0.395. The number of rotatable bonds is 11. The maximum atomic E-state index is 13.9. The topological polar surface area (TPSA) is 95.6 Å². The van der Waals surface area contributed by atoms with Crippen LogP contribution in [0.5, 0.6) is 0 Å². The van der Waals surface area contributed by atoms with E-state index in [-0.39, 0.29) is 23.1 Å². The molecule has 0 bridgehead atoms. The molecule has 0 fully saturated rings. The lowest BCUT2D eigenvalue weighted by Crippen LogP contribution is -2.49. The predicted molar refractivity (Wildman–Crippen MR) is 144 cm³/mol. The molecule has 194 valence electrons. The van der Waals surface area contributed by atoms with Crippen molar-refractivity contribution in [3.63, 3.8) is 0 Å². The van der Waals surface area contributed by atoms with Crippen LogP contribution in [-0.4, -0.2) is 37.7 Å². The fourth-order valence-electron chi connectivity index (χ4n) is 4.45. The Morgan fingerprint density at radius 1 is 0.973 bits per heavy atom. The first kappa shape index (κ1) is 26.6. The first-order valence-electron chi connectivity index (χ1n) is 12.7. The van der Waals surface area contributed by atoms with E-state index in [1.54, 1.807) is 17.0 Å². The van der Waals surface area contributed by atoms with Crippen molar-refractivity contribution in [3.8, 4) is 0 Å². The second kappa shape index (κ2) is 12.2. The molecule has 0 aromatic heterocycles. The van der Waals surface area contributed by atoms with Crippen molar-refractivity contribution in [2.24, 2.45) is 0 Å². The summed E-state index contributed by atoms with van der Waals surface area (Å²) in [7, 11) is -4.01. The minimum atomic E-state index is -4.01. The predicted octanol–water partition coefficient (Wildman–Crippen LogP) is 4.29. The fraction of sp³-hybridized carbons (Fsp3) is 0.310. The van der Waals surface area contributed by atoms with Crippen LogP contribution in [0.1, 0.15) is 42.9 Å². The largest absolute Gasteiger partial charge is 0.337 e. The van der Waals surface area contributed by atoms with E-state index in [1.165, 1.54) is 6.07 Å². The second-order valence-electron chi connectivity index (χ2n) is 9.33. The van der Waals surface area contributed by atoms with E-state index in [4.69, 9.17) is 0 Å². The number of nitrogens with zero attached hydrogens (tertiary/aromatic N) is 1. The summed E-state index contributed by atoms with van der Waals surface area (Å²) in [4.78, 5) is 27.4. The summed E-state index contributed by atoms with van der Waals surface area (Å²) >= 11 is 0. The monoisotopic (exact) mass is 519 g/mol. The normalized spacial score (nSPS) is 13.9. The van der Waals surface area contributed by atoms with Gasteiger partial charge in [-0.25, -0.2) is 8.42 Å². The van der Waals surface area contributed by atoms with Crippen molar-refractivity contribution < 1.29 is 18.0 Å². The number of unbranched alkanes of at least 4 members (excludes halogenated alkanes) is 1. The number of anilines is 1. The van der Waals surface area contributed by atoms with Gasteiger partial charge in [0.05, 0.1) is 4.90 Å². The highest BCUT2D eigenvalue weighted by atomic mass is 32.2. The third-order valence-corrected chi connectivity index (χ3v) is 7.94. The molecule has 7 nitrogen and oxygen atoms in total. The Morgan fingerprint density at radius 3 is 2.32 bits per heavy atom. The van der Waals surface area contributed by atoms with Gasteiger partial charge in [-0.15, -0.1) is 0 Å². The van der Waals surface area contributed by atoms with Gasteiger partial charge in [-0.1, -0.05) is 74.0 Å².